The van der Waals surface area contributed by atoms with Crippen LogP contribution >= 0.6 is 0 Å². The lowest BCUT2D eigenvalue weighted by Gasteiger charge is -2.15. The lowest BCUT2D eigenvalue weighted by atomic mass is 10.0. The van der Waals surface area contributed by atoms with E-state index in [4.69, 9.17) is 0 Å². The fraction of sp³-hybridized carbons (Fsp3) is 0.263. The molecule has 118 valence electrons. The highest BCUT2D eigenvalue weighted by molar-refractivity contribution is 6.05. The molecule has 2 aromatic carbocycles. The van der Waals surface area contributed by atoms with Gasteiger partial charge >= 0.3 is 0 Å². The number of benzene rings is 2. The summed E-state index contributed by atoms with van der Waals surface area (Å²) in [7, 11) is 0. The molecule has 1 aliphatic heterocycles. The molecule has 0 spiro atoms. The van der Waals surface area contributed by atoms with Crippen LogP contribution in [-0.2, 0) is 11.2 Å². The Kier molecular flexibility index (Phi) is 3.90. The van der Waals surface area contributed by atoms with Crippen molar-refractivity contribution in [2.75, 3.05) is 16.8 Å². The second-order valence-electron chi connectivity index (χ2n) is 5.97. The van der Waals surface area contributed by atoms with Crippen LogP contribution in [0.3, 0.4) is 0 Å². The largest absolute Gasteiger partial charge is 0.322 e. The topological polar surface area (TPSA) is 49.4 Å². The Morgan fingerprint density at radius 1 is 1.13 bits per heavy atom. The number of carbonyl (C=O) groups excluding carboxylic acids is 2. The number of aryl methyl sites for hydroxylation is 1. The highest BCUT2D eigenvalue weighted by Gasteiger charge is 2.22. The zero-order valence-corrected chi connectivity index (χ0v) is 13.6. The van der Waals surface area contributed by atoms with Crippen LogP contribution < -0.4 is 10.2 Å². The summed E-state index contributed by atoms with van der Waals surface area (Å²) in [6.45, 7) is 6.24. The van der Waals surface area contributed by atoms with Crippen molar-refractivity contribution in [1.82, 2.24) is 0 Å². The Labute approximate surface area is 136 Å². The van der Waals surface area contributed by atoms with Gasteiger partial charge in [-0.1, -0.05) is 12.1 Å². The van der Waals surface area contributed by atoms with Gasteiger partial charge in [0.15, 0.2) is 0 Å². The molecule has 0 aliphatic carbocycles. The van der Waals surface area contributed by atoms with Gasteiger partial charge in [0, 0.05) is 30.4 Å². The number of hydrogen-bond donors (Lipinski definition) is 1. The minimum absolute atomic E-state index is 0.0518. The lowest BCUT2D eigenvalue weighted by Crippen LogP contribution is -2.25. The first-order chi connectivity index (χ1) is 11.0. The summed E-state index contributed by atoms with van der Waals surface area (Å²) in [5.74, 6) is -0.0523. The molecular weight excluding hydrogens is 288 g/mol. The van der Waals surface area contributed by atoms with Crippen LogP contribution in [0.1, 0.15) is 34.0 Å². The van der Waals surface area contributed by atoms with E-state index in [0.29, 0.717) is 12.1 Å². The summed E-state index contributed by atoms with van der Waals surface area (Å²) in [5.41, 5.74) is 5.59. The summed E-state index contributed by atoms with van der Waals surface area (Å²) in [4.78, 5) is 25.8. The lowest BCUT2D eigenvalue weighted by molar-refractivity contribution is -0.116. The van der Waals surface area contributed by atoms with Crippen molar-refractivity contribution in [1.29, 1.82) is 0 Å². The molecular formula is C19H20N2O2. The van der Waals surface area contributed by atoms with Crippen LogP contribution in [0.5, 0.6) is 0 Å². The SMILES string of the molecule is CC(=O)N1CCc2cc(NC(=O)c3cccc(C)c3C)ccc21. The van der Waals surface area contributed by atoms with Crippen LogP contribution in [0, 0.1) is 13.8 Å². The van der Waals surface area contributed by atoms with E-state index in [1.54, 1.807) is 11.8 Å². The minimum Gasteiger partial charge on any atom is -0.322 e. The zero-order valence-electron chi connectivity index (χ0n) is 13.6. The average molecular weight is 308 g/mol. The van der Waals surface area contributed by atoms with E-state index in [1.165, 1.54) is 0 Å². The Morgan fingerprint density at radius 3 is 2.65 bits per heavy atom. The fourth-order valence-corrected chi connectivity index (χ4v) is 3.00. The third-order valence-corrected chi connectivity index (χ3v) is 4.46. The molecule has 2 amide bonds. The molecule has 0 radical (unpaired) electrons. The molecule has 23 heavy (non-hydrogen) atoms. The Bertz CT molecular complexity index is 796. The predicted octanol–water partition coefficient (Wildman–Crippen LogP) is 3.46. The summed E-state index contributed by atoms with van der Waals surface area (Å²) in [5, 5.41) is 2.96. The Balaban J connectivity index is 1.83. The van der Waals surface area contributed by atoms with E-state index in [0.717, 1.165) is 34.5 Å². The molecule has 0 saturated carbocycles. The maximum atomic E-state index is 12.5. The molecule has 4 heteroatoms. The molecule has 1 N–H and O–H groups in total. The molecule has 3 rings (SSSR count). The molecule has 0 aromatic heterocycles. The van der Waals surface area contributed by atoms with Crippen molar-refractivity contribution < 1.29 is 9.59 Å². The van der Waals surface area contributed by atoms with E-state index in [2.05, 4.69) is 5.32 Å². The molecule has 0 atom stereocenters. The van der Waals surface area contributed by atoms with Gasteiger partial charge in [-0.25, -0.2) is 0 Å². The maximum Gasteiger partial charge on any atom is 0.255 e. The van der Waals surface area contributed by atoms with E-state index in [9.17, 15) is 9.59 Å². The van der Waals surface area contributed by atoms with Gasteiger partial charge in [-0.05, 0) is 61.2 Å². The second kappa shape index (κ2) is 5.88. The monoisotopic (exact) mass is 308 g/mol. The third kappa shape index (κ3) is 2.84. The molecule has 1 aliphatic rings. The number of nitrogens with zero attached hydrogens (tertiary/aromatic N) is 1. The van der Waals surface area contributed by atoms with Gasteiger partial charge < -0.3 is 10.2 Å². The number of carbonyl (C=O) groups is 2. The van der Waals surface area contributed by atoms with Crippen LogP contribution in [-0.4, -0.2) is 18.4 Å². The molecule has 4 nitrogen and oxygen atoms in total. The van der Waals surface area contributed by atoms with Gasteiger partial charge in [0.2, 0.25) is 5.91 Å². The van der Waals surface area contributed by atoms with E-state index in [1.807, 2.05) is 50.2 Å². The first-order valence-electron chi connectivity index (χ1n) is 7.76. The summed E-state index contributed by atoms with van der Waals surface area (Å²) in [6, 6.07) is 11.4. The molecule has 2 aromatic rings. The maximum absolute atomic E-state index is 12.5. The Morgan fingerprint density at radius 2 is 1.91 bits per heavy atom. The van der Waals surface area contributed by atoms with Crippen LogP contribution in [0.25, 0.3) is 0 Å². The quantitative estimate of drug-likeness (QED) is 0.923. The second-order valence-corrected chi connectivity index (χ2v) is 5.97. The Hall–Kier alpha value is -2.62. The highest BCUT2D eigenvalue weighted by atomic mass is 16.2. The van der Waals surface area contributed by atoms with E-state index < -0.39 is 0 Å². The summed E-state index contributed by atoms with van der Waals surface area (Å²) in [6.07, 6.45) is 0.822. The third-order valence-electron chi connectivity index (χ3n) is 4.46. The fourth-order valence-electron chi connectivity index (χ4n) is 3.00. The number of amides is 2. The summed E-state index contributed by atoms with van der Waals surface area (Å²) >= 11 is 0. The highest BCUT2D eigenvalue weighted by Crippen LogP contribution is 2.30. The number of hydrogen-bond acceptors (Lipinski definition) is 2. The predicted molar refractivity (Wildman–Crippen MR) is 92.0 cm³/mol. The van der Waals surface area contributed by atoms with Crippen LogP contribution in [0.2, 0.25) is 0 Å². The standard InChI is InChI=1S/C19H20N2O2/c1-12-5-4-6-17(13(12)2)19(23)20-16-7-8-18-15(11-16)9-10-21(18)14(3)22/h4-8,11H,9-10H2,1-3H3,(H,20,23). The molecule has 0 bridgehead atoms. The average Bonchev–Trinajstić information content (AvgIpc) is 2.93. The number of nitrogens with one attached hydrogen (secondary N) is 1. The van der Waals surface area contributed by atoms with Crippen molar-refractivity contribution in [2.24, 2.45) is 0 Å². The van der Waals surface area contributed by atoms with Crippen molar-refractivity contribution in [3.63, 3.8) is 0 Å². The first-order valence-corrected chi connectivity index (χ1v) is 7.76. The first kappa shape index (κ1) is 15.3. The number of fused-ring (bicyclic) bond motifs is 1. The van der Waals surface area contributed by atoms with Crippen molar-refractivity contribution in [3.05, 3.63) is 58.7 Å². The van der Waals surface area contributed by atoms with Gasteiger partial charge in [-0.2, -0.15) is 0 Å². The van der Waals surface area contributed by atoms with Gasteiger partial charge in [0.25, 0.3) is 5.91 Å². The van der Waals surface area contributed by atoms with Gasteiger partial charge in [-0.3, -0.25) is 9.59 Å². The molecule has 0 saturated heterocycles. The summed E-state index contributed by atoms with van der Waals surface area (Å²) < 4.78 is 0. The van der Waals surface area contributed by atoms with Gasteiger partial charge in [0.05, 0.1) is 0 Å². The zero-order chi connectivity index (χ0) is 16.6. The van der Waals surface area contributed by atoms with Crippen LogP contribution in [0.4, 0.5) is 11.4 Å². The van der Waals surface area contributed by atoms with Crippen molar-refractivity contribution in [3.8, 4) is 0 Å². The van der Waals surface area contributed by atoms with E-state index in [-0.39, 0.29) is 11.8 Å². The molecule has 0 fully saturated rings. The number of anilines is 2. The molecule has 0 unspecified atom stereocenters. The normalized spacial score (nSPS) is 12.9. The minimum atomic E-state index is -0.104. The smallest absolute Gasteiger partial charge is 0.255 e. The van der Waals surface area contributed by atoms with Gasteiger partial charge in [0.1, 0.15) is 0 Å². The van der Waals surface area contributed by atoms with Crippen LogP contribution in [0.15, 0.2) is 36.4 Å². The van der Waals surface area contributed by atoms with Crippen molar-refractivity contribution >= 4 is 23.2 Å². The number of rotatable bonds is 2. The van der Waals surface area contributed by atoms with Crippen molar-refractivity contribution in [2.45, 2.75) is 27.2 Å². The van der Waals surface area contributed by atoms with Gasteiger partial charge in [-0.15, -0.1) is 0 Å². The molecule has 1 heterocycles. The van der Waals surface area contributed by atoms with E-state index >= 15 is 0 Å².